The van der Waals surface area contributed by atoms with E-state index in [0.717, 1.165) is 16.7 Å². The van der Waals surface area contributed by atoms with E-state index in [2.05, 4.69) is 4.98 Å². The predicted molar refractivity (Wildman–Crippen MR) is 173 cm³/mol. The van der Waals surface area contributed by atoms with E-state index in [0.29, 0.717) is 17.1 Å². The van der Waals surface area contributed by atoms with Crippen molar-refractivity contribution in [2.24, 2.45) is 0 Å². The van der Waals surface area contributed by atoms with Crippen LogP contribution in [-0.4, -0.2) is 63.8 Å². The second-order valence-corrected chi connectivity index (χ2v) is 19.3. The molecule has 0 aliphatic carbocycles. The Hall–Kier alpha value is -3.43. The molecular formula is C33H37N2O8PSe. The summed E-state index contributed by atoms with van der Waals surface area (Å²) in [7, 11) is 3.24. The molecular weight excluding hydrogens is 662 g/mol. The van der Waals surface area contributed by atoms with Gasteiger partial charge in [-0.25, -0.2) is 0 Å². The van der Waals surface area contributed by atoms with Crippen molar-refractivity contribution in [3.05, 3.63) is 128 Å². The van der Waals surface area contributed by atoms with E-state index in [-0.39, 0.29) is 27.5 Å². The van der Waals surface area contributed by atoms with Crippen LogP contribution in [-0.2, 0) is 24.2 Å². The summed E-state index contributed by atoms with van der Waals surface area (Å²) in [6, 6.07) is 22.3. The number of aromatic nitrogens is 2. The first-order chi connectivity index (χ1) is 21.6. The van der Waals surface area contributed by atoms with Gasteiger partial charge in [0.2, 0.25) is 0 Å². The van der Waals surface area contributed by atoms with Gasteiger partial charge in [-0.05, 0) is 0 Å². The zero-order valence-corrected chi connectivity index (χ0v) is 28.4. The second kappa shape index (κ2) is 13.9. The molecule has 2 heterocycles. The summed E-state index contributed by atoms with van der Waals surface area (Å²) in [6.07, 6.45) is -0.360. The molecule has 45 heavy (non-hydrogen) atoms. The second-order valence-electron chi connectivity index (χ2n) is 10.8. The van der Waals surface area contributed by atoms with Gasteiger partial charge in [0.1, 0.15) is 0 Å². The molecule has 1 aliphatic heterocycles. The Morgan fingerprint density at radius 1 is 0.933 bits per heavy atom. The minimum absolute atomic E-state index is 0.0297. The summed E-state index contributed by atoms with van der Waals surface area (Å²) in [6.45, 7) is 3.27. The first kappa shape index (κ1) is 32.9. The van der Waals surface area contributed by atoms with Gasteiger partial charge in [0.25, 0.3) is 0 Å². The average molecular weight is 700 g/mol. The molecule has 4 atom stereocenters. The van der Waals surface area contributed by atoms with Crippen LogP contribution in [0.25, 0.3) is 0 Å². The van der Waals surface area contributed by atoms with Crippen molar-refractivity contribution >= 4 is 20.6 Å². The number of hydrogen-bond donors (Lipinski definition) is 1. The average Bonchev–Trinajstić information content (AvgIpc) is 3.45. The van der Waals surface area contributed by atoms with Crippen LogP contribution in [0.15, 0.2) is 94.6 Å². The molecule has 0 saturated carbocycles. The van der Waals surface area contributed by atoms with Crippen molar-refractivity contribution < 1.29 is 28.0 Å². The van der Waals surface area contributed by atoms with E-state index in [1.807, 2.05) is 84.7 Å². The van der Waals surface area contributed by atoms with E-state index >= 15 is 0 Å². The molecule has 238 valence electrons. The van der Waals surface area contributed by atoms with Gasteiger partial charge in [-0.2, -0.15) is 0 Å². The van der Waals surface area contributed by atoms with Crippen LogP contribution in [0, 0.1) is 6.92 Å². The van der Waals surface area contributed by atoms with Crippen LogP contribution in [0.4, 0.5) is 0 Å². The van der Waals surface area contributed by atoms with Crippen molar-refractivity contribution in [3.8, 4) is 11.5 Å². The summed E-state index contributed by atoms with van der Waals surface area (Å²) in [5, 5.41) is 0. The molecule has 1 N–H and O–H groups in total. The van der Waals surface area contributed by atoms with Gasteiger partial charge in [0, 0.05) is 0 Å². The number of nitrogens with one attached hydrogen (secondary N) is 1. The predicted octanol–water partition coefficient (Wildman–Crippen LogP) is 5.12. The number of benzene rings is 3. The number of hydrogen-bond acceptors (Lipinski definition) is 8. The molecule has 0 amide bonds. The zero-order valence-electron chi connectivity index (χ0n) is 25.8. The fourth-order valence-corrected chi connectivity index (χ4v) is 7.54. The van der Waals surface area contributed by atoms with Gasteiger partial charge in [-0.15, -0.1) is 0 Å². The van der Waals surface area contributed by atoms with E-state index in [9.17, 15) is 14.2 Å². The Bertz CT molecular complexity index is 1710. The van der Waals surface area contributed by atoms with Crippen molar-refractivity contribution in [2.45, 2.75) is 43.2 Å². The number of methoxy groups -OCH3 is 2. The van der Waals surface area contributed by atoms with Crippen molar-refractivity contribution in [3.63, 3.8) is 0 Å². The van der Waals surface area contributed by atoms with Crippen molar-refractivity contribution in [1.82, 2.24) is 9.55 Å². The number of aryl methyl sites for hydroxylation is 1. The molecule has 3 aromatic carbocycles. The fourth-order valence-electron chi connectivity index (χ4n) is 5.50. The van der Waals surface area contributed by atoms with E-state index in [1.165, 1.54) is 10.8 Å². The van der Waals surface area contributed by atoms with E-state index in [4.69, 9.17) is 23.5 Å². The molecule has 0 unspecified atom stereocenters. The molecule has 0 spiro atoms. The van der Waals surface area contributed by atoms with Crippen LogP contribution in [0.5, 0.6) is 11.5 Å². The van der Waals surface area contributed by atoms with E-state index < -0.39 is 41.3 Å². The van der Waals surface area contributed by atoms with E-state index in [1.54, 1.807) is 27.8 Å². The summed E-state index contributed by atoms with van der Waals surface area (Å²) < 4.78 is 45.2. The van der Waals surface area contributed by atoms with Crippen LogP contribution in [0.2, 0.25) is 5.82 Å². The molecule has 0 radical (unpaired) electrons. The summed E-state index contributed by atoms with van der Waals surface area (Å²) in [5.41, 5.74) is 0.774. The molecule has 0 bridgehead atoms. The third-order valence-electron chi connectivity index (χ3n) is 7.93. The Balaban J connectivity index is 1.59. The summed E-state index contributed by atoms with van der Waals surface area (Å²) >= 11 is -0.262. The maximum atomic E-state index is 13.2. The Morgan fingerprint density at radius 2 is 1.49 bits per heavy atom. The van der Waals surface area contributed by atoms with Crippen molar-refractivity contribution in [1.29, 1.82) is 0 Å². The van der Waals surface area contributed by atoms with Gasteiger partial charge in [-0.1, -0.05) is 0 Å². The Kier molecular flexibility index (Phi) is 10.2. The Morgan fingerprint density at radius 3 is 2.02 bits per heavy atom. The minimum atomic E-state index is -2.91. The number of rotatable bonds is 12. The van der Waals surface area contributed by atoms with Gasteiger partial charge in [0.05, 0.1) is 14.2 Å². The first-order valence-corrected chi connectivity index (χ1v) is 20.4. The number of ether oxygens (including phenoxy) is 4. The van der Waals surface area contributed by atoms with Gasteiger partial charge in [0.15, 0.2) is 0 Å². The number of H-pyrrole nitrogens is 1. The normalized spacial score (nSPS) is 19.6. The Labute approximate surface area is 267 Å². The quantitative estimate of drug-likeness (QED) is 0.123. The SMILES string of the molecule is COc1ccc(C(OC[C@H]2O[C@@H](n3cc(C)c(=O)[nH]c3=O)C[C@@H]2O[P@](C)(=O)[Se]C)(c2ccccc2)c2ccc(OC)cc2)cc1. The van der Waals surface area contributed by atoms with Crippen LogP contribution in [0.1, 0.15) is 34.9 Å². The number of nitrogens with zero attached hydrogens (tertiary/aromatic N) is 1. The molecule has 1 aliphatic rings. The standard InChI is InChI=1S/C33H37N2O8PSe/c1-22-20-35(32(37)34-31(22)36)30-19-28(43-44(4,38)45-5)29(42-30)21-41-33(23-9-7-6-8-10-23,24-11-15-26(39-2)16-12-24)25-13-17-27(40-3)18-14-25/h6-18,20,28-30H,19,21H2,1-5H3,(H,34,36,37)/t28-,29+,30+,44-/m0/s1. The van der Waals surface area contributed by atoms with Gasteiger partial charge >= 0.3 is 254 Å². The third kappa shape index (κ3) is 7.04. The van der Waals surface area contributed by atoms with Crippen LogP contribution >= 0.6 is 6.06 Å². The molecule has 10 nitrogen and oxygen atoms in total. The summed E-state index contributed by atoms with van der Waals surface area (Å²) in [4.78, 5) is 27.2. The third-order valence-corrected chi connectivity index (χ3v) is 14.0. The molecule has 12 heteroatoms. The maximum absolute atomic E-state index is 13.2. The topological polar surface area (TPSA) is 118 Å². The van der Waals surface area contributed by atoms with Crippen molar-refractivity contribution in [2.75, 3.05) is 27.5 Å². The van der Waals surface area contributed by atoms with Gasteiger partial charge < -0.3 is 0 Å². The molecule has 1 fully saturated rings. The van der Waals surface area contributed by atoms with Crippen LogP contribution < -0.4 is 20.7 Å². The van der Waals surface area contributed by atoms with Crippen LogP contribution in [0.3, 0.4) is 0 Å². The molecule has 4 aromatic rings. The molecule has 5 rings (SSSR count). The van der Waals surface area contributed by atoms with Gasteiger partial charge in [-0.3, -0.25) is 0 Å². The monoisotopic (exact) mass is 700 g/mol. The number of aromatic amines is 1. The fraction of sp³-hybridized carbons (Fsp3) is 0.333. The summed E-state index contributed by atoms with van der Waals surface area (Å²) in [5.74, 6) is 3.27. The molecule has 1 saturated heterocycles. The zero-order chi connectivity index (χ0) is 32.2. The first-order valence-electron chi connectivity index (χ1n) is 14.4. The molecule has 1 aromatic heterocycles.